The quantitative estimate of drug-likeness (QED) is 0.782. The van der Waals surface area contributed by atoms with E-state index in [-0.39, 0.29) is 0 Å². The standard InChI is InChI=1S/C11H19N3/c1-11(2)6-10(11)12-5-4-9-7-13-14(3)8-9/h7-8,10,12H,4-6H2,1-3H3. The molecule has 0 amide bonds. The third kappa shape index (κ3) is 2.15. The van der Waals surface area contributed by atoms with Crippen molar-refractivity contribution in [2.45, 2.75) is 32.7 Å². The fraction of sp³-hybridized carbons (Fsp3) is 0.727. The maximum Gasteiger partial charge on any atom is 0.0522 e. The van der Waals surface area contributed by atoms with Gasteiger partial charge in [-0.05, 0) is 30.4 Å². The second kappa shape index (κ2) is 3.39. The second-order valence-electron chi connectivity index (χ2n) is 4.97. The first-order valence-corrected chi connectivity index (χ1v) is 5.29. The molecule has 1 aromatic heterocycles. The third-order valence-corrected chi connectivity index (χ3v) is 3.08. The zero-order valence-corrected chi connectivity index (χ0v) is 9.25. The van der Waals surface area contributed by atoms with Gasteiger partial charge in [0.15, 0.2) is 0 Å². The van der Waals surface area contributed by atoms with Gasteiger partial charge in [0.2, 0.25) is 0 Å². The summed E-state index contributed by atoms with van der Waals surface area (Å²) < 4.78 is 1.86. The highest BCUT2D eigenvalue weighted by atomic mass is 15.2. The second-order valence-corrected chi connectivity index (χ2v) is 4.97. The predicted molar refractivity (Wildman–Crippen MR) is 57.1 cm³/mol. The van der Waals surface area contributed by atoms with E-state index in [0.29, 0.717) is 5.41 Å². The lowest BCUT2D eigenvalue weighted by atomic mass is 10.2. The highest BCUT2D eigenvalue weighted by Crippen LogP contribution is 2.44. The van der Waals surface area contributed by atoms with E-state index >= 15 is 0 Å². The van der Waals surface area contributed by atoms with E-state index in [2.05, 4.69) is 30.5 Å². The van der Waals surface area contributed by atoms with Crippen molar-refractivity contribution in [3.63, 3.8) is 0 Å². The molecule has 0 aromatic carbocycles. The molecule has 0 bridgehead atoms. The van der Waals surface area contributed by atoms with Crippen LogP contribution in [0.15, 0.2) is 12.4 Å². The minimum Gasteiger partial charge on any atom is -0.313 e. The van der Waals surface area contributed by atoms with Crippen molar-refractivity contribution in [1.82, 2.24) is 15.1 Å². The van der Waals surface area contributed by atoms with Crippen molar-refractivity contribution >= 4 is 0 Å². The zero-order valence-electron chi connectivity index (χ0n) is 9.25. The van der Waals surface area contributed by atoms with Crippen molar-refractivity contribution < 1.29 is 0 Å². The molecule has 1 fully saturated rings. The Bertz CT molecular complexity index is 314. The summed E-state index contributed by atoms with van der Waals surface area (Å²) in [4.78, 5) is 0. The van der Waals surface area contributed by atoms with Crippen LogP contribution in [0.2, 0.25) is 0 Å². The summed E-state index contributed by atoms with van der Waals surface area (Å²) >= 11 is 0. The van der Waals surface area contributed by atoms with Gasteiger partial charge in [-0.15, -0.1) is 0 Å². The van der Waals surface area contributed by atoms with Gasteiger partial charge >= 0.3 is 0 Å². The average molecular weight is 193 g/mol. The smallest absolute Gasteiger partial charge is 0.0522 e. The molecule has 1 N–H and O–H groups in total. The van der Waals surface area contributed by atoms with Crippen molar-refractivity contribution in [1.29, 1.82) is 0 Å². The largest absolute Gasteiger partial charge is 0.313 e. The number of hydrogen-bond donors (Lipinski definition) is 1. The Morgan fingerprint density at radius 2 is 2.36 bits per heavy atom. The van der Waals surface area contributed by atoms with Crippen molar-refractivity contribution in [2.24, 2.45) is 12.5 Å². The molecular formula is C11H19N3. The van der Waals surface area contributed by atoms with Crippen LogP contribution in [0, 0.1) is 5.41 Å². The average Bonchev–Trinajstić information content (AvgIpc) is 2.53. The SMILES string of the molecule is Cn1cc(CCNC2CC2(C)C)cn1. The van der Waals surface area contributed by atoms with E-state index in [9.17, 15) is 0 Å². The van der Waals surface area contributed by atoms with Crippen molar-refractivity contribution in [2.75, 3.05) is 6.54 Å². The Kier molecular flexibility index (Phi) is 2.35. The van der Waals surface area contributed by atoms with Gasteiger partial charge in [-0.2, -0.15) is 5.10 Å². The van der Waals surface area contributed by atoms with Crippen LogP contribution in [0.5, 0.6) is 0 Å². The lowest BCUT2D eigenvalue weighted by Gasteiger charge is -2.04. The summed E-state index contributed by atoms with van der Waals surface area (Å²) in [6.07, 6.45) is 6.43. The van der Waals surface area contributed by atoms with Crippen LogP contribution in [0.25, 0.3) is 0 Å². The summed E-state index contributed by atoms with van der Waals surface area (Å²) in [6, 6.07) is 0.735. The Morgan fingerprint density at radius 1 is 1.64 bits per heavy atom. The molecule has 3 nitrogen and oxygen atoms in total. The van der Waals surface area contributed by atoms with E-state index in [1.54, 1.807) is 0 Å². The van der Waals surface area contributed by atoms with Crippen LogP contribution in [0.4, 0.5) is 0 Å². The first-order chi connectivity index (χ1) is 6.58. The van der Waals surface area contributed by atoms with E-state index in [1.807, 2.05) is 17.9 Å². The molecule has 1 aromatic rings. The lowest BCUT2D eigenvalue weighted by Crippen LogP contribution is -2.22. The molecule has 1 heterocycles. The molecule has 1 unspecified atom stereocenters. The lowest BCUT2D eigenvalue weighted by molar-refractivity contribution is 0.544. The molecule has 0 spiro atoms. The summed E-state index contributed by atoms with van der Waals surface area (Å²) in [6.45, 7) is 5.70. The minimum atomic E-state index is 0.537. The molecule has 0 aliphatic heterocycles. The van der Waals surface area contributed by atoms with E-state index in [4.69, 9.17) is 0 Å². The molecule has 0 saturated heterocycles. The van der Waals surface area contributed by atoms with Crippen LogP contribution in [0.1, 0.15) is 25.8 Å². The molecule has 78 valence electrons. The Hall–Kier alpha value is -0.830. The number of nitrogens with zero attached hydrogens (tertiary/aromatic N) is 2. The number of aryl methyl sites for hydroxylation is 1. The van der Waals surface area contributed by atoms with Gasteiger partial charge in [-0.1, -0.05) is 13.8 Å². The van der Waals surface area contributed by atoms with Crippen LogP contribution in [0.3, 0.4) is 0 Å². The van der Waals surface area contributed by atoms with Crippen LogP contribution in [-0.4, -0.2) is 22.4 Å². The molecule has 14 heavy (non-hydrogen) atoms. The zero-order chi connectivity index (χ0) is 10.2. The van der Waals surface area contributed by atoms with Gasteiger partial charge in [0.05, 0.1) is 6.20 Å². The van der Waals surface area contributed by atoms with Gasteiger partial charge in [-0.3, -0.25) is 4.68 Å². The highest BCUT2D eigenvalue weighted by molar-refractivity contribution is 5.06. The maximum atomic E-state index is 4.15. The first-order valence-electron chi connectivity index (χ1n) is 5.29. The first kappa shape index (κ1) is 9.71. The van der Waals surface area contributed by atoms with Crippen molar-refractivity contribution in [3.8, 4) is 0 Å². The van der Waals surface area contributed by atoms with Crippen LogP contribution in [-0.2, 0) is 13.5 Å². The number of nitrogens with one attached hydrogen (secondary N) is 1. The highest BCUT2D eigenvalue weighted by Gasteiger charge is 2.44. The van der Waals surface area contributed by atoms with Gasteiger partial charge < -0.3 is 5.32 Å². The fourth-order valence-corrected chi connectivity index (χ4v) is 1.81. The molecule has 1 aliphatic carbocycles. The molecular weight excluding hydrogens is 174 g/mol. The molecule has 0 radical (unpaired) electrons. The number of rotatable bonds is 4. The maximum absolute atomic E-state index is 4.15. The van der Waals surface area contributed by atoms with Gasteiger partial charge in [0.25, 0.3) is 0 Å². The molecule has 1 saturated carbocycles. The fourth-order valence-electron chi connectivity index (χ4n) is 1.81. The van der Waals surface area contributed by atoms with Crippen LogP contribution < -0.4 is 5.32 Å². The summed E-state index contributed by atoms with van der Waals surface area (Å²) in [5, 5.41) is 7.72. The summed E-state index contributed by atoms with van der Waals surface area (Å²) in [7, 11) is 1.96. The van der Waals surface area contributed by atoms with Gasteiger partial charge in [0, 0.05) is 19.3 Å². The van der Waals surface area contributed by atoms with Crippen molar-refractivity contribution in [3.05, 3.63) is 18.0 Å². The minimum absolute atomic E-state index is 0.537. The molecule has 1 atom stereocenters. The Morgan fingerprint density at radius 3 is 2.86 bits per heavy atom. The summed E-state index contributed by atoms with van der Waals surface area (Å²) in [5.41, 5.74) is 1.85. The van der Waals surface area contributed by atoms with E-state index in [0.717, 1.165) is 19.0 Å². The Labute approximate surface area is 85.5 Å². The monoisotopic (exact) mass is 193 g/mol. The number of hydrogen-bond acceptors (Lipinski definition) is 2. The van der Waals surface area contributed by atoms with E-state index in [1.165, 1.54) is 12.0 Å². The van der Waals surface area contributed by atoms with Crippen LogP contribution >= 0.6 is 0 Å². The van der Waals surface area contributed by atoms with E-state index < -0.39 is 0 Å². The molecule has 3 heteroatoms. The van der Waals surface area contributed by atoms with Gasteiger partial charge in [0.1, 0.15) is 0 Å². The summed E-state index contributed by atoms with van der Waals surface area (Å²) in [5.74, 6) is 0. The van der Waals surface area contributed by atoms with Gasteiger partial charge in [-0.25, -0.2) is 0 Å². The number of aromatic nitrogens is 2. The molecule has 1 aliphatic rings. The predicted octanol–water partition coefficient (Wildman–Crippen LogP) is 1.35. The third-order valence-electron chi connectivity index (χ3n) is 3.08. The topological polar surface area (TPSA) is 29.9 Å². The Balaban J connectivity index is 1.69. The normalized spacial score (nSPS) is 23.8. The molecule has 2 rings (SSSR count).